The van der Waals surface area contributed by atoms with Gasteiger partial charge >= 0.3 is 11.9 Å². The monoisotopic (exact) mass is 304 g/mol. The minimum atomic E-state index is -1.88. The zero-order valence-electron chi connectivity index (χ0n) is 13.3. The molecule has 1 atom stereocenters. The number of carboxylic acid groups (broad SMARTS) is 1. The fourth-order valence-corrected chi connectivity index (χ4v) is 8.43. The van der Waals surface area contributed by atoms with Crippen LogP contribution in [0.5, 0.6) is 0 Å². The van der Waals surface area contributed by atoms with Gasteiger partial charge in [-0.25, -0.2) is 4.79 Å². The molecular formula is C14H28O5Si. The summed E-state index contributed by atoms with van der Waals surface area (Å²) in [5.74, 6) is -2.04. The SMILES string of the molecule is CC(C)[Si](COC(=O)C(O)CC(=O)O)(C(C)C)C(C)C. The van der Waals surface area contributed by atoms with E-state index in [-0.39, 0.29) is 0 Å². The predicted octanol–water partition coefficient (Wildman–Crippen LogP) is 2.58. The summed E-state index contributed by atoms with van der Waals surface area (Å²) in [6, 6.07) is 0. The average Bonchev–Trinajstić information content (AvgIpc) is 2.26. The van der Waals surface area contributed by atoms with Gasteiger partial charge in [0.15, 0.2) is 6.10 Å². The number of aliphatic hydroxyl groups excluding tert-OH is 1. The molecule has 0 amide bonds. The van der Waals surface area contributed by atoms with Crippen molar-refractivity contribution < 1.29 is 24.5 Å². The number of rotatable bonds is 8. The van der Waals surface area contributed by atoms with E-state index in [2.05, 4.69) is 41.5 Å². The maximum absolute atomic E-state index is 11.7. The molecule has 0 aromatic carbocycles. The minimum absolute atomic E-state index is 0.329. The van der Waals surface area contributed by atoms with Gasteiger partial charge in [0.1, 0.15) is 8.07 Å². The largest absolute Gasteiger partial charge is 0.481 e. The van der Waals surface area contributed by atoms with Crippen molar-refractivity contribution in [3.8, 4) is 0 Å². The second kappa shape index (κ2) is 7.78. The van der Waals surface area contributed by atoms with Gasteiger partial charge in [-0.15, -0.1) is 0 Å². The number of hydrogen-bond acceptors (Lipinski definition) is 4. The lowest BCUT2D eigenvalue weighted by molar-refractivity contribution is -0.156. The zero-order valence-corrected chi connectivity index (χ0v) is 14.3. The molecule has 20 heavy (non-hydrogen) atoms. The molecule has 118 valence electrons. The van der Waals surface area contributed by atoms with Crippen LogP contribution in [0.4, 0.5) is 0 Å². The number of carboxylic acids is 1. The van der Waals surface area contributed by atoms with E-state index < -0.39 is 32.5 Å². The molecular weight excluding hydrogens is 276 g/mol. The van der Waals surface area contributed by atoms with Gasteiger partial charge in [0.05, 0.1) is 12.7 Å². The van der Waals surface area contributed by atoms with Crippen molar-refractivity contribution in [2.45, 2.75) is 70.7 Å². The van der Waals surface area contributed by atoms with Crippen LogP contribution in [0.1, 0.15) is 48.0 Å². The highest BCUT2D eigenvalue weighted by molar-refractivity contribution is 6.83. The van der Waals surface area contributed by atoms with Crippen LogP contribution in [-0.4, -0.2) is 42.6 Å². The summed E-state index contributed by atoms with van der Waals surface area (Å²) < 4.78 is 5.26. The summed E-state index contributed by atoms with van der Waals surface area (Å²) in [4.78, 5) is 22.2. The maximum atomic E-state index is 11.7. The highest BCUT2D eigenvalue weighted by atomic mass is 28.3. The predicted molar refractivity (Wildman–Crippen MR) is 80.3 cm³/mol. The third-order valence-corrected chi connectivity index (χ3v) is 11.4. The first-order valence-corrected chi connectivity index (χ1v) is 9.56. The van der Waals surface area contributed by atoms with Crippen molar-refractivity contribution >= 4 is 20.0 Å². The van der Waals surface area contributed by atoms with Gasteiger partial charge in [0.25, 0.3) is 0 Å². The molecule has 0 radical (unpaired) electrons. The molecule has 0 aromatic heterocycles. The molecule has 0 aliphatic rings. The summed E-state index contributed by atoms with van der Waals surface area (Å²) in [7, 11) is -1.88. The Hall–Kier alpha value is -0.883. The number of aliphatic carboxylic acids is 1. The summed E-state index contributed by atoms with van der Waals surface area (Å²) in [5.41, 5.74) is 1.31. The lowest BCUT2D eigenvalue weighted by Gasteiger charge is -2.42. The number of carbonyl (C=O) groups excluding carboxylic acids is 1. The molecule has 0 saturated carbocycles. The topological polar surface area (TPSA) is 83.8 Å². The van der Waals surface area contributed by atoms with Gasteiger partial charge in [-0.2, -0.15) is 0 Å². The summed E-state index contributed by atoms with van der Waals surface area (Å²) >= 11 is 0. The van der Waals surface area contributed by atoms with Crippen molar-refractivity contribution in [2.24, 2.45) is 0 Å². The van der Waals surface area contributed by atoms with Crippen LogP contribution in [0.25, 0.3) is 0 Å². The molecule has 1 unspecified atom stereocenters. The number of aliphatic hydroxyl groups is 1. The van der Waals surface area contributed by atoms with Crippen molar-refractivity contribution in [3.63, 3.8) is 0 Å². The average molecular weight is 304 g/mol. The first-order valence-electron chi connectivity index (χ1n) is 7.12. The van der Waals surface area contributed by atoms with Crippen molar-refractivity contribution in [2.75, 3.05) is 6.23 Å². The van der Waals surface area contributed by atoms with Crippen LogP contribution in [-0.2, 0) is 14.3 Å². The van der Waals surface area contributed by atoms with Crippen LogP contribution in [0.15, 0.2) is 0 Å². The Kier molecular flexibility index (Phi) is 7.44. The molecule has 0 aliphatic heterocycles. The van der Waals surface area contributed by atoms with Crippen LogP contribution in [0, 0.1) is 0 Å². The second-order valence-corrected chi connectivity index (χ2v) is 12.3. The van der Waals surface area contributed by atoms with Gasteiger partial charge in [0, 0.05) is 0 Å². The maximum Gasteiger partial charge on any atom is 0.335 e. The van der Waals surface area contributed by atoms with Crippen LogP contribution in [0.3, 0.4) is 0 Å². The Morgan fingerprint density at radius 3 is 1.70 bits per heavy atom. The van der Waals surface area contributed by atoms with Gasteiger partial charge < -0.3 is 14.9 Å². The molecule has 0 aromatic rings. The van der Waals surface area contributed by atoms with E-state index in [1.165, 1.54) is 0 Å². The third-order valence-electron chi connectivity index (χ3n) is 4.33. The normalized spacial score (nSPS) is 13.9. The van der Waals surface area contributed by atoms with E-state index in [0.29, 0.717) is 22.9 Å². The van der Waals surface area contributed by atoms with E-state index in [1.54, 1.807) is 0 Å². The third kappa shape index (κ3) is 4.59. The fourth-order valence-electron chi connectivity index (χ4n) is 3.04. The fraction of sp³-hybridized carbons (Fsp3) is 0.857. The summed E-state index contributed by atoms with van der Waals surface area (Å²) in [6.07, 6.45) is -1.86. The van der Waals surface area contributed by atoms with Gasteiger partial charge in [0.2, 0.25) is 0 Å². The first kappa shape index (κ1) is 19.1. The number of carbonyl (C=O) groups is 2. The molecule has 0 aliphatic carbocycles. The van der Waals surface area contributed by atoms with E-state index in [1.807, 2.05) is 0 Å². The highest BCUT2D eigenvalue weighted by Gasteiger charge is 2.44. The van der Waals surface area contributed by atoms with Crippen LogP contribution >= 0.6 is 0 Å². The van der Waals surface area contributed by atoms with Gasteiger partial charge in [-0.05, 0) is 16.6 Å². The summed E-state index contributed by atoms with van der Waals surface area (Å²) in [5, 5.41) is 18.0. The standard InChI is InChI=1S/C14H28O5Si/c1-9(2)20(10(3)4,11(5)6)8-19-14(18)12(15)7-13(16)17/h9-12,15H,7-8H2,1-6H3,(H,16,17). The van der Waals surface area contributed by atoms with E-state index in [4.69, 9.17) is 9.84 Å². The smallest absolute Gasteiger partial charge is 0.335 e. The first-order chi connectivity index (χ1) is 9.05. The number of esters is 1. The van der Waals surface area contributed by atoms with Crippen LogP contribution < -0.4 is 0 Å². The van der Waals surface area contributed by atoms with E-state index >= 15 is 0 Å². The second-order valence-electron chi connectivity index (χ2n) is 6.30. The Bertz CT molecular complexity index is 317. The van der Waals surface area contributed by atoms with Gasteiger partial charge in [-0.1, -0.05) is 41.5 Å². The van der Waals surface area contributed by atoms with Crippen molar-refractivity contribution in [1.82, 2.24) is 0 Å². The minimum Gasteiger partial charge on any atom is -0.481 e. The summed E-state index contributed by atoms with van der Waals surface area (Å²) in [6.45, 7) is 12.9. The van der Waals surface area contributed by atoms with Crippen molar-refractivity contribution in [1.29, 1.82) is 0 Å². The highest BCUT2D eigenvalue weighted by Crippen LogP contribution is 2.41. The van der Waals surface area contributed by atoms with Crippen LogP contribution in [0.2, 0.25) is 16.6 Å². The number of ether oxygens (including phenoxy) is 1. The Labute approximate surface area is 122 Å². The molecule has 0 heterocycles. The van der Waals surface area contributed by atoms with E-state index in [0.717, 1.165) is 0 Å². The molecule has 0 saturated heterocycles. The molecule has 0 spiro atoms. The molecule has 0 fully saturated rings. The molecule has 5 nitrogen and oxygen atoms in total. The lowest BCUT2D eigenvalue weighted by atomic mass is 10.3. The molecule has 0 rings (SSSR count). The number of hydrogen-bond donors (Lipinski definition) is 2. The Morgan fingerprint density at radius 1 is 1.00 bits per heavy atom. The Morgan fingerprint density at radius 2 is 1.40 bits per heavy atom. The molecule has 6 heteroatoms. The van der Waals surface area contributed by atoms with Gasteiger partial charge in [-0.3, -0.25) is 4.79 Å². The molecule has 2 N–H and O–H groups in total. The molecule has 0 bridgehead atoms. The zero-order chi connectivity index (χ0) is 16.1. The quantitative estimate of drug-likeness (QED) is 0.532. The lowest BCUT2D eigenvalue weighted by Crippen LogP contribution is -2.50. The Balaban J connectivity index is 4.87. The van der Waals surface area contributed by atoms with Crippen molar-refractivity contribution in [3.05, 3.63) is 0 Å². The van der Waals surface area contributed by atoms with E-state index in [9.17, 15) is 14.7 Å².